The van der Waals surface area contributed by atoms with Gasteiger partial charge < -0.3 is 10.6 Å². The van der Waals surface area contributed by atoms with Crippen LogP contribution in [0.25, 0.3) is 0 Å². The number of aryl methyl sites for hydroxylation is 1. The van der Waals surface area contributed by atoms with Crippen molar-refractivity contribution < 1.29 is 4.79 Å². The van der Waals surface area contributed by atoms with E-state index in [9.17, 15) is 4.79 Å². The zero-order valence-electron chi connectivity index (χ0n) is 12.1. The van der Waals surface area contributed by atoms with Crippen molar-refractivity contribution in [3.63, 3.8) is 0 Å². The first-order chi connectivity index (χ1) is 9.58. The lowest BCUT2D eigenvalue weighted by molar-refractivity contribution is -0.114. The summed E-state index contributed by atoms with van der Waals surface area (Å²) in [5.74, 6) is -0.0630. The van der Waals surface area contributed by atoms with Crippen LogP contribution >= 0.6 is 0 Å². The van der Waals surface area contributed by atoms with Gasteiger partial charge in [0.1, 0.15) is 0 Å². The van der Waals surface area contributed by atoms with E-state index in [0.717, 1.165) is 23.5 Å². The van der Waals surface area contributed by atoms with Gasteiger partial charge in [-0.2, -0.15) is 5.10 Å². The number of carbonyl (C=O) groups excluding carboxylic acids is 1. The molecule has 106 valence electrons. The Labute approximate surface area is 119 Å². The summed E-state index contributed by atoms with van der Waals surface area (Å²) in [7, 11) is 0. The predicted octanol–water partition coefficient (Wildman–Crippen LogP) is 3.03. The molecule has 1 unspecified atom stereocenters. The molecule has 1 aromatic heterocycles. The van der Waals surface area contributed by atoms with E-state index in [0.29, 0.717) is 0 Å². The van der Waals surface area contributed by atoms with Crippen LogP contribution in [0.2, 0.25) is 0 Å². The first-order valence-corrected chi connectivity index (χ1v) is 6.75. The summed E-state index contributed by atoms with van der Waals surface area (Å²) in [4.78, 5) is 11.1. The van der Waals surface area contributed by atoms with E-state index in [-0.39, 0.29) is 11.9 Å². The minimum Gasteiger partial charge on any atom is -0.376 e. The van der Waals surface area contributed by atoms with E-state index in [4.69, 9.17) is 0 Å². The number of benzene rings is 1. The molecule has 20 heavy (non-hydrogen) atoms. The van der Waals surface area contributed by atoms with Gasteiger partial charge in [0.25, 0.3) is 0 Å². The fourth-order valence-corrected chi connectivity index (χ4v) is 2.03. The van der Waals surface area contributed by atoms with E-state index in [1.54, 1.807) is 0 Å². The number of amides is 1. The first kappa shape index (κ1) is 14.1. The van der Waals surface area contributed by atoms with Crippen molar-refractivity contribution in [2.45, 2.75) is 33.4 Å². The lowest BCUT2D eigenvalue weighted by atomic mass is 10.1. The molecule has 1 amide bonds. The highest BCUT2D eigenvalue weighted by atomic mass is 16.1. The summed E-state index contributed by atoms with van der Waals surface area (Å²) in [6, 6.07) is 7.97. The maximum absolute atomic E-state index is 11.1. The van der Waals surface area contributed by atoms with Gasteiger partial charge in [0, 0.05) is 31.4 Å². The molecule has 0 saturated carbocycles. The zero-order chi connectivity index (χ0) is 14.5. The van der Waals surface area contributed by atoms with Gasteiger partial charge in [0.15, 0.2) is 0 Å². The summed E-state index contributed by atoms with van der Waals surface area (Å²) in [5, 5.41) is 10.4. The zero-order valence-corrected chi connectivity index (χ0v) is 12.1. The average molecular weight is 272 g/mol. The molecule has 1 heterocycles. The van der Waals surface area contributed by atoms with Gasteiger partial charge in [-0.25, -0.2) is 0 Å². The van der Waals surface area contributed by atoms with Crippen LogP contribution in [0.4, 0.5) is 11.4 Å². The van der Waals surface area contributed by atoms with E-state index in [1.807, 2.05) is 41.3 Å². The topological polar surface area (TPSA) is 59.0 Å². The molecule has 1 atom stereocenters. The number of nitrogens with zero attached hydrogens (tertiary/aromatic N) is 2. The van der Waals surface area contributed by atoms with Gasteiger partial charge in [0.05, 0.1) is 11.9 Å². The van der Waals surface area contributed by atoms with Crippen molar-refractivity contribution in [1.82, 2.24) is 9.78 Å². The summed E-state index contributed by atoms with van der Waals surface area (Å²) < 4.78 is 1.88. The normalized spacial score (nSPS) is 11.9. The fourth-order valence-electron chi connectivity index (χ4n) is 2.03. The fraction of sp³-hybridized carbons (Fsp3) is 0.333. The Bertz CT molecular complexity index is 591. The third-order valence-corrected chi connectivity index (χ3v) is 3.05. The average Bonchev–Trinajstić information content (AvgIpc) is 2.86. The van der Waals surface area contributed by atoms with Crippen molar-refractivity contribution >= 4 is 17.3 Å². The number of aromatic nitrogens is 2. The third kappa shape index (κ3) is 3.60. The maximum Gasteiger partial charge on any atom is 0.221 e. The van der Waals surface area contributed by atoms with E-state index >= 15 is 0 Å². The molecule has 0 saturated heterocycles. The largest absolute Gasteiger partial charge is 0.376 e. The van der Waals surface area contributed by atoms with Gasteiger partial charge in [-0.1, -0.05) is 12.1 Å². The first-order valence-electron chi connectivity index (χ1n) is 6.75. The van der Waals surface area contributed by atoms with Gasteiger partial charge in [-0.05, 0) is 31.5 Å². The van der Waals surface area contributed by atoms with Crippen LogP contribution < -0.4 is 10.6 Å². The van der Waals surface area contributed by atoms with Crippen molar-refractivity contribution in [3.05, 3.63) is 42.2 Å². The molecule has 0 aliphatic carbocycles. The van der Waals surface area contributed by atoms with Crippen LogP contribution in [0, 0.1) is 0 Å². The number of carbonyl (C=O) groups is 1. The van der Waals surface area contributed by atoms with Gasteiger partial charge in [-0.3, -0.25) is 9.48 Å². The highest BCUT2D eigenvalue weighted by Crippen LogP contribution is 2.21. The third-order valence-electron chi connectivity index (χ3n) is 3.05. The molecule has 0 aliphatic rings. The van der Waals surface area contributed by atoms with Crippen molar-refractivity contribution in [3.8, 4) is 0 Å². The molecule has 0 radical (unpaired) electrons. The second kappa shape index (κ2) is 6.23. The van der Waals surface area contributed by atoms with Crippen LogP contribution in [-0.2, 0) is 11.3 Å². The Morgan fingerprint density at radius 2 is 2.20 bits per heavy atom. The Hall–Kier alpha value is -2.30. The molecule has 0 spiro atoms. The van der Waals surface area contributed by atoms with E-state index in [1.165, 1.54) is 6.92 Å². The highest BCUT2D eigenvalue weighted by Gasteiger charge is 2.07. The number of hydrogen-bond acceptors (Lipinski definition) is 3. The number of hydrogen-bond donors (Lipinski definition) is 2. The molecule has 5 heteroatoms. The molecule has 2 rings (SSSR count). The Balaban J connectivity index is 2.08. The van der Waals surface area contributed by atoms with Gasteiger partial charge in [-0.15, -0.1) is 0 Å². The molecule has 0 fully saturated rings. The molecule has 1 aromatic carbocycles. The van der Waals surface area contributed by atoms with Gasteiger partial charge in [0.2, 0.25) is 5.91 Å². The Kier molecular flexibility index (Phi) is 4.40. The monoisotopic (exact) mass is 272 g/mol. The van der Waals surface area contributed by atoms with Crippen LogP contribution in [0.5, 0.6) is 0 Å². The van der Waals surface area contributed by atoms with Crippen LogP contribution in [0.1, 0.15) is 32.4 Å². The summed E-state index contributed by atoms with van der Waals surface area (Å²) >= 11 is 0. The van der Waals surface area contributed by atoms with E-state index in [2.05, 4.69) is 29.6 Å². The highest BCUT2D eigenvalue weighted by molar-refractivity contribution is 5.88. The molecular formula is C15H20N4O. The lowest BCUT2D eigenvalue weighted by Crippen LogP contribution is -2.09. The predicted molar refractivity (Wildman–Crippen MR) is 80.7 cm³/mol. The second-order valence-electron chi connectivity index (χ2n) is 4.76. The SMILES string of the molecule is CCn1cc(NC(C)c2cccc(NC(C)=O)c2)cn1. The number of nitrogens with one attached hydrogen (secondary N) is 2. The summed E-state index contributed by atoms with van der Waals surface area (Å²) in [5.41, 5.74) is 2.91. The van der Waals surface area contributed by atoms with Crippen molar-refractivity contribution in [2.24, 2.45) is 0 Å². The molecular weight excluding hydrogens is 252 g/mol. The summed E-state index contributed by atoms with van der Waals surface area (Å²) in [6.07, 6.45) is 3.80. The minimum absolute atomic E-state index is 0.0630. The van der Waals surface area contributed by atoms with Crippen LogP contribution in [-0.4, -0.2) is 15.7 Å². The maximum atomic E-state index is 11.1. The standard InChI is InChI=1S/C15H20N4O/c1-4-19-10-15(9-16-19)17-11(2)13-6-5-7-14(8-13)18-12(3)20/h5-11,17H,4H2,1-3H3,(H,18,20). The molecule has 2 aromatic rings. The summed E-state index contributed by atoms with van der Waals surface area (Å²) in [6.45, 7) is 6.49. The number of anilines is 2. The second-order valence-corrected chi connectivity index (χ2v) is 4.76. The lowest BCUT2D eigenvalue weighted by Gasteiger charge is -2.15. The van der Waals surface area contributed by atoms with Gasteiger partial charge >= 0.3 is 0 Å². The molecule has 0 aliphatic heterocycles. The smallest absolute Gasteiger partial charge is 0.221 e. The van der Waals surface area contributed by atoms with Crippen molar-refractivity contribution in [1.29, 1.82) is 0 Å². The van der Waals surface area contributed by atoms with E-state index < -0.39 is 0 Å². The van der Waals surface area contributed by atoms with Crippen LogP contribution in [0.15, 0.2) is 36.7 Å². The molecule has 5 nitrogen and oxygen atoms in total. The molecule has 2 N–H and O–H groups in total. The minimum atomic E-state index is -0.0630. The number of rotatable bonds is 5. The quantitative estimate of drug-likeness (QED) is 0.879. The Morgan fingerprint density at radius 1 is 1.40 bits per heavy atom. The molecule has 0 bridgehead atoms. The Morgan fingerprint density at radius 3 is 2.85 bits per heavy atom. The van der Waals surface area contributed by atoms with Crippen LogP contribution in [0.3, 0.4) is 0 Å². The van der Waals surface area contributed by atoms with Crippen molar-refractivity contribution in [2.75, 3.05) is 10.6 Å².